The van der Waals surface area contributed by atoms with E-state index in [1.165, 1.54) is 6.07 Å². The number of pyridine rings is 1. The molecule has 0 radical (unpaired) electrons. The fraction of sp³-hybridized carbons (Fsp3) is 0.450. The fourth-order valence-corrected chi connectivity index (χ4v) is 3.34. The van der Waals surface area contributed by atoms with Crippen LogP contribution in [-0.2, 0) is 0 Å². The molecule has 0 spiro atoms. The van der Waals surface area contributed by atoms with Crippen LogP contribution < -0.4 is 10.5 Å². The Morgan fingerprint density at radius 2 is 1.96 bits per heavy atom. The predicted octanol–water partition coefficient (Wildman–Crippen LogP) is 4.18. The molecular formula is C20H25F2N5O. The zero-order valence-electron chi connectivity index (χ0n) is 16.5. The molecule has 6 nitrogen and oxygen atoms in total. The van der Waals surface area contributed by atoms with Crippen molar-refractivity contribution in [2.45, 2.75) is 46.1 Å². The lowest BCUT2D eigenvalue weighted by Crippen LogP contribution is -2.43. The van der Waals surface area contributed by atoms with E-state index in [0.29, 0.717) is 22.8 Å². The highest BCUT2D eigenvalue weighted by Gasteiger charge is 2.24. The molecule has 0 aliphatic carbocycles. The molecule has 1 atom stereocenters. The molecule has 3 aromatic heterocycles. The zero-order chi connectivity index (χ0) is 20.5. The molecule has 2 N–H and O–H groups in total. The number of hydrogen-bond acceptors (Lipinski definition) is 5. The molecule has 150 valence electrons. The Balaban J connectivity index is 1.93. The number of nitrogens with zero attached hydrogens (tertiary/aromatic N) is 4. The van der Waals surface area contributed by atoms with E-state index in [0.717, 1.165) is 12.1 Å². The van der Waals surface area contributed by atoms with Crippen LogP contribution in [0.15, 0.2) is 30.6 Å². The van der Waals surface area contributed by atoms with Crippen LogP contribution in [0.1, 0.15) is 45.0 Å². The van der Waals surface area contributed by atoms with Crippen LogP contribution in [0.4, 0.5) is 8.78 Å². The highest BCUT2D eigenvalue weighted by Crippen LogP contribution is 2.32. The van der Waals surface area contributed by atoms with Gasteiger partial charge in [0.2, 0.25) is 0 Å². The van der Waals surface area contributed by atoms with Crippen molar-refractivity contribution in [1.29, 1.82) is 0 Å². The summed E-state index contributed by atoms with van der Waals surface area (Å²) in [5, 5.41) is 4.18. The highest BCUT2D eigenvalue weighted by atomic mass is 19.3. The number of ether oxygens (including phenoxy) is 1. The summed E-state index contributed by atoms with van der Waals surface area (Å²) in [7, 11) is 0. The number of alkyl halides is 2. The van der Waals surface area contributed by atoms with Crippen LogP contribution in [0.2, 0.25) is 0 Å². The number of rotatable bonds is 7. The molecule has 0 aliphatic heterocycles. The van der Waals surface area contributed by atoms with Gasteiger partial charge < -0.3 is 10.5 Å². The molecule has 0 saturated carbocycles. The number of nitrogens with two attached hydrogens (primary N) is 1. The number of aryl methyl sites for hydroxylation is 1. The van der Waals surface area contributed by atoms with E-state index in [1.807, 2.05) is 13.8 Å². The van der Waals surface area contributed by atoms with Crippen molar-refractivity contribution in [2.75, 3.05) is 6.61 Å². The van der Waals surface area contributed by atoms with Crippen LogP contribution in [-0.4, -0.2) is 31.7 Å². The summed E-state index contributed by atoms with van der Waals surface area (Å²) in [6.07, 6.45) is 1.30. The summed E-state index contributed by atoms with van der Waals surface area (Å²) < 4.78 is 34.6. The summed E-state index contributed by atoms with van der Waals surface area (Å²) in [5.41, 5.74) is 7.56. The van der Waals surface area contributed by atoms with Crippen molar-refractivity contribution in [3.05, 3.63) is 42.0 Å². The van der Waals surface area contributed by atoms with Gasteiger partial charge in [-0.15, -0.1) is 0 Å². The minimum absolute atomic E-state index is 0.0452. The second-order valence-corrected chi connectivity index (χ2v) is 7.82. The highest BCUT2D eigenvalue weighted by molar-refractivity contribution is 5.75. The molecule has 28 heavy (non-hydrogen) atoms. The predicted molar refractivity (Wildman–Crippen MR) is 103 cm³/mol. The van der Waals surface area contributed by atoms with Crippen LogP contribution >= 0.6 is 0 Å². The second kappa shape index (κ2) is 7.79. The van der Waals surface area contributed by atoms with Gasteiger partial charge >= 0.3 is 0 Å². The third-order valence-electron chi connectivity index (χ3n) is 4.28. The minimum atomic E-state index is -2.77. The molecular weight excluding hydrogens is 364 g/mol. The van der Waals surface area contributed by atoms with E-state index >= 15 is 0 Å². The molecule has 3 aromatic rings. The molecule has 0 fully saturated rings. The molecule has 3 heterocycles. The van der Waals surface area contributed by atoms with Crippen LogP contribution in [0.25, 0.3) is 16.9 Å². The van der Waals surface area contributed by atoms with E-state index in [9.17, 15) is 8.78 Å². The van der Waals surface area contributed by atoms with Gasteiger partial charge in [0.25, 0.3) is 6.43 Å². The second-order valence-electron chi connectivity index (χ2n) is 7.82. The maximum Gasteiger partial charge on any atom is 0.284 e. The van der Waals surface area contributed by atoms with Crippen molar-refractivity contribution in [2.24, 2.45) is 11.7 Å². The van der Waals surface area contributed by atoms with Gasteiger partial charge in [-0.25, -0.2) is 23.3 Å². The van der Waals surface area contributed by atoms with E-state index in [2.05, 4.69) is 28.9 Å². The normalized spacial score (nSPS) is 14.0. The Morgan fingerprint density at radius 3 is 2.64 bits per heavy atom. The first-order chi connectivity index (χ1) is 13.2. The van der Waals surface area contributed by atoms with E-state index in [4.69, 9.17) is 10.5 Å². The molecule has 3 rings (SSSR count). The van der Waals surface area contributed by atoms with Gasteiger partial charge in [-0.1, -0.05) is 13.8 Å². The molecule has 0 saturated heterocycles. The van der Waals surface area contributed by atoms with Crippen LogP contribution in [0.5, 0.6) is 5.75 Å². The van der Waals surface area contributed by atoms with Crippen molar-refractivity contribution < 1.29 is 13.5 Å². The topological polar surface area (TPSA) is 78.3 Å². The van der Waals surface area contributed by atoms with Crippen molar-refractivity contribution in [3.63, 3.8) is 0 Å². The smallest absolute Gasteiger partial charge is 0.284 e. The molecule has 0 bridgehead atoms. The van der Waals surface area contributed by atoms with Gasteiger partial charge in [0.05, 0.1) is 17.6 Å². The monoisotopic (exact) mass is 389 g/mol. The molecule has 8 heteroatoms. The SMILES string of the molecule is Cc1cn2nccc(-c3ccc(OC[C@@](C)(N)CC(C)C)c(C(F)F)n3)c2n1. The average molecular weight is 389 g/mol. The average Bonchev–Trinajstić information content (AvgIpc) is 2.99. The Labute approximate surface area is 162 Å². The van der Waals surface area contributed by atoms with Crippen molar-refractivity contribution in [1.82, 2.24) is 19.6 Å². The summed E-state index contributed by atoms with van der Waals surface area (Å²) in [5.74, 6) is 0.421. The van der Waals surface area contributed by atoms with Gasteiger partial charge in [-0.2, -0.15) is 5.10 Å². The maximum atomic E-state index is 13.7. The molecule has 0 amide bonds. The van der Waals surface area contributed by atoms with Gasteiger partial charge in [0, 0.05) is 17.3 Å². The number of aromatic nitrogens is 4. The Morgan fingerprint density at radius 1 is 1.21 bits per heavy atom. The van der Waals surface area contributed by atoms with Gasteiger partial charge in [-0.05, 0) is 44.4 Å². The maximum absolute atomic E-state index is 13.7. The first-order valence-corrected chi connectivity index (χ1v) is 9.18. The first-order valence-electron chi connectivity index (χ1n) is 9.18. The van der Waals surface area contributed by atoms with Crippen LogP contribution in [0.3, 0.4) is 0 Å². The summed E-state index contributed by atoms with van der Waals surface area (Å²) >= 11 is 0. The summed E-state index contributed by atoms with van der Waals surface area (Å²) in [6.45, 7) is 7.93. The standard InChI is InChI=1S/C20H25F2N5O/c1-12(2)9-20(4,23)11-28-16-6-5-15(26-17(16)18(21)22)14-7-8-24-27-10-13(3)25-19(14)27/h5-8,10,12,18H,9,11,23H2,1-4H3/t20-/m0/s1. The molecule has 0 unspecified atom stereocenters. The largest absolute Gasteiger partial charge is 0.490 e. The minimum Gasteiger partial charge on any atom is -0.490 e. The first kappa shape index (κ1) is 20.1. The molecule has 0 aromatic carbocycles. The van der Waals surface area contributed by atoms with Gasteiger partial charge in [0.1, 0.15) is 18.1 Å². The molecule has 0 aliphatic rings. The van der Waals surface area contributed by atoms with Crippen LogP contribution in [0, 0.1) is 12.8 Å². The van der Waals surface area contributed by atoms with Crippen molar-refractivity contribution >= 4 is 5.65 Å². The van der Waals surface area contributed by atoms with E-state index in [1.54, 1.807) is 29.0 Å². The Kier molecular flexibility index (Phi) is 5.60. The van der Waals surface area contributed by atoms with Gasteiger partial charge in [0.15, 0.2) is 5.65 Å². The lowest BCUT2D eigenvalue weighted by atomic mass is 9.93. The van der Waals surface area contributed by atoms with Gasteiger partial charge in [-0.3, -0.25) is 0 Å². The quantitative estimate of drug-likeness (QED) is 0.656. The zero-order valence-corrected chi connectivity index (χ0v) is 16.5. The lowest BCUT2D eigenvalue weighted by molar-refractivity contribution is 0.134. The van der Waals surface area contributed by atoms with Crippen molar-refractivity contribution in [3.8, 4) is 17.0 Å². The van der Waals surface area contributed by atoms with E-state index < -0.39 is 17.7 Å². The summed E-state index contributed by atoms with van der Waals surface area (Å²) in [6, 6.07) is 4.87. The number of fused-ring (bicyclic) bond motifs is 1. The lowest BCUT2D eigenvalue weighted by Gasteiger charge is -2.27. The number of hydrogen-bond donors (Lipinski definition) is 1. The summed E-state index contributed by atoms with van der Waals surface area (Å²) in [4.78, 5) is 8.57. The Hall–Kier alpha value is -2.61. The third-order valence-corrected chi connectivity index (χ3v) is 4.28. The number of halogens is 2. The third kappa shape index (κ3) is 4.44. The van der Waals surface area contributed by atoms with E-state index in [-0.39, 0.29) is 12.4 Å². The fourth-order valence-electron chi connectivity index (χ4n) is 3.34. The Bertz CT molecular complexity index is 968. The number of imidazole rings is 1.